The highest BCUT2D eigenvalue weighted by Crippen LogP contribution is 2.18. The van der Waals surface area contributed by atoms with E-state index in [2.05, 4.69) is 39.5 Å². The van der Waals surface area contributed by atoms with E-state index in [0.29, 0.717) is 17.9 Å². The summed E-state index contributed by atoms with van der Waals surface area (Å²) in [6, 6.07) is 17.1. The first-order chi connectivity index (χ1) is 13.1. The van der Waals surface area contributed by atoms with E-state index in [9.17, 15) is 8.42 Å². The van der Waals surface area contributed by atoms with E-state index in [1.165, 1.54) is 11.1 Å². The van der Waals surface area contributed by atoms with Gasteiger partial charge in [0.05, 0.1) is 10.6 Å². The Labute approximate surface area is 185 Å². The molecule has 0 aliphatic carbocycles. The summed E-state index contributed by atoms with van der Waals surface area (Å²) in [5.41, 5.74) is 2.74. The van der Waals surface area contributed by atoms with Gasteiger partial charge in [-0.1, -0.05) is 42.5 Å². The van der Waals surface area contributed by atoms with Gasteiger partial charge in [0.1, 0.15) is 0 Å². The second-order valence-electron chi connectivity index (χ2n) is 6.66. The number of hydrogen-bond acceptors (Lipinski definition) is 3. The van der Waals surface area contributed by atoms with Crippen LogP contribution >= 0.6 is 24.0 Å². The highest BCUT2D eigenvalue weighted by atomic mass is 127. The number of fused-ring (bicyclic) bond motifs is 1. The molecule has 1 N–H and O–H groups in total. The highest BCUT2D eigenvalue weighted by molar-refractivity contribution is 14.0. The maximum absolute atomic E-state index is 12.4. The molecular formula is C21H28IN3O2S. The van der Waals surface area contributed by atoms with E-state index in [1.54, 1.807) is 24.3 Å². The van der Waals surface area contributed by atoms with Gasteiger partial charge in [0, 0.05) is 26.2 Å². The van der Waals surface area contributed by atoms with E-state index in [4.69, 9.17) is 0 Å². The molecule has 7 heteroatoms. The smallest absolute Gasteiger partial charge is 0.194 e. The highest BCUT2D eigenvalue weighted by Gasteiger charge is 2.19. The van der Waals surface area contributed by atoms with Gasteiger partial charge < -0.3 is 10.2 Å². The number of nitrogens with one attached hydrogen (secondary N) is 1. The van der Waals surface area contributed by atoms with Crippen LogP contribution in [-0.2, 0) is 22.8 Å². The molecule has 28 heavy (non-hydrogen) atoms. The van der Waals surface area contributed by atoms with E-state index < -0.39 is 9.84 Å². The standard InChI is InChI=1S/C21H27N3O2S.HI/c1-2-22-21(24-15-13-18-9-6-7-10-19(18)17-24)23-14-8-16-27(25,26)20-11-4-3-5-12-20;/h3-7,9-12H,2,8,13-17H2,1H3,(H,22,23);1H. The van der Waals surface area contributed by atoms with Crippen LogP contribution in [0.3, 0.4) is 0 Å². The third-order valence-corrected chi connectivity index (χ3v) is 6.52. The number of rotatable bonds is 6. The van der Waals surface area contributed by atoms with Gasteiger partial charge in [-0.25, -0.2) is 8.42 Å². The predicted octanol–water partition coefficient (Wildman–Crippen LogP) is 3.49. The first-order valence-electron chi connectivity index (χ1n) is 9.48. The maximum Gasteiger partial charge on any atom is 0.194 e. The Bertz CT molecular complexity index is 886. The lowest BCUT2D eigenvalue weighted by molar-refractivity contribution is 0.378. The van der Waals surface area contributed by atoms with Gasteiger partial charge in [-0.3, -0.25) is 4.99 Å². The molecule has 0 amide bonds. The Kier molecular flexibility index (Phi) is 8.75. The first-order valence-corrected chi connectivity index (χ1v) is 11.1. The fourth-order valence-corrected chi connectivity index (χ4v) is 4.60. The van der Waals surface area contributed by atoms with Crippen LogP contribution < -0.4 is 5.32 Å². The second-order valence-corrected chi connectivity index (χ2v) is 8.77. The molecule has 0 spiro atoms. The van der Waals surface area contributed by atoms with Crippen molar-refractivity contribution in [1.82, 2.24) is 10.2 Å². The largest absolute Gasteiger partial charge is 0.357 e. The minimum atomic E-state index is -3.24. The van der Waals surface area contributed by atoms with Crippen LogP contribution in [0.4, 0.5) is 0 Å². The molecule has 2 aromatic rings. The van der Waals surface area contributed by atoms with Crippen LogP contribution in [-0.4, -0.2) is 44.7 Å². The molecule has 0 atom stereocenters. The quantitative estimate of drug-likeness (QED) is 0.278. The summed E-state index contributed by atoms with van der Waals surface area (Å²) in [6.45, 7) is 5.09. The van der Waals surface area contributed by atoms with Crippen molar-refractivity contribution in [3.05, 3.63) is 65.7 Å². The molecule has 5 nitrogen and oxygen atoms in total. The van der Waals surface area contributed by atoms with Gasteiger partial charge >= 0.3 is 0 Å². The lowest BCUT2D eigenvalue weighted by Gasteiger charge is -2.31. The lowest BCUT2D eigenvalue weighted by Crippen LogP contribution is -2.44. The van der Waals surface area contributed by atoms with Crippen LogP contribution in [0, 0.1) is 0 Å². The monoisotopic (exact) mass is 513 g/mol. The average Bonchev–Trinajstić information content (AvgIpc) is 2.70. The average molecular weight is 513 g/mol. The fraction of sp³-hybridized carbons (Fsp3) is 0.381. The summed E-state index contributed by atoms with van der Waals surface area (Å²) in [5, 5.41) is 3.34. The minimum Gasteiger partial charge on any atom is -0.357 e. The van der Waals surface area contributed by atoms with Crippen molar-refractivity contribution >= 4 is 39.8 Å². The third-order valence-electron chi connectivity index (χ3n) is 4.70. The van der Waals surface area contributed by atoms with Crippen molar-refractivity contribution in [3.63, 3.8) is 0 Å². The van der Waals surface area contributed by atoms with Gasteiger partial charge in [-0.2, -0.15) is 0 Å². The van der Waals surface area contributed by atoms with E-state index >= 15 is 0 Å². The number of hydrogen-bond donors (Lipinski definition) is 1. The van der Waals surface area contributed by atoms with Crippen LogP contribution in [0.25, 0.3) is 0 Å². The number of nitrogens with zero attached hydrogens (tertiary/aromatic N) is 2. The Balaban J connectivity index is 0.00000280. The number of halogens is 1. The van der Waals surface area contributed by atoms with Gasteiger partial charge in [-0.15, -0.1) is 24.0 Å². The van der Waals surface area contributed by atoms with Crippen LogP contribution in [0.2, 0.25) is 0 Å². The molecule has 1 aliphatic heterocycles. The van der Waals surface area contributed by atoms with E-state index in [1.807, 2.05) is 13.0 Å². The van der Waals surface area contributed by atoms with Crippen LogP contribution in [0.5, 0.6) is 0 Å². The molecule has 0 saturated heterocycles. The van der Waals surface area contributed by atoms with Crippen molar-refractivity contribution in [2.24, 2.45) is 4.99 Å². The zero-order chi connectivity index (χ0) is 19.1. The Morgan fingerprint density at radius 3 is 2.46 bits per heavy atom. The summed E-state index contributed by atoms with van der Waals surface area (Å²) in [6.07, 6.45) is 1.51. The Morgan fingerprint density at radius 2 is 1.75 bits per heavy atom. The topological polar surface area (TPSA) is 61.8 Å². The van der Waals surface area contributed by atoms with Gasteiger partial charge in [0.15, 0.2) is 15.8 Å². The van der Waals surface area contributed by atoms with Crippen molar-refractivity contribution in [3.8, 4) is 0 Å². The van der Waals surface area contributed by atoms with Crippen LogP contribution in [0.15, 0.2) is 64.5 Å². The SMILES string of the molecule is CCNC(=NCCCS(=O)(=O)c1ccccc1)N1CCc2ccccc2C1.I. The number of aliphatic imine (C=N–C) groups is 1. The van der Waals surface area contributed by atoms with Crippen LogP contribution in [0.1, 0.15) is 24.5 Å². The molecule has 0 bridgehead atoms. The van der Waals surface area contributed by atoms with Gasteiger partial charge in [0.25, 0.3) is 0 Å². The molecule has 1 aliphatic rings. The van der Waals surface area contributed by atoms with Gasteiger partial charge in [0.2, 0.25) is 0 Å². The molecule has 0 radical (unpaired) electrons. The molecule has 2 aromatic carbocycles. The molecular weight excluding hydrogens is 485 g/mol. The molecule has 152 valence electrons. The first kappa shape index (κ1) is 22.7. The summed E-state index contributed by atoms with van der Waals surface area (Å²) in [4.78, 5) is 7.30. The number of sulfone groups is 1. The normalized spacial score (nSPS) is 14.2. The summed E-state index contributed by atoms with van der Waals surface area (Å²) < 4.78 is 24.7. The predicted molar refractivity (Wildman–Crippen MR) is 125 cm³/mol. The van der Waals surface area contributed by atoms with E-state index in [0.717, 1.165) is 32.0 Å². The summed E-state index contributed by atoms with van der Waals surface area (Å²) >= 11 is 0. The lowest BCUT2D eigenvalue weighted by atomic mass is 10.0. The Morgan fingerprint density at radius 1 is 1.07 bits per heavy atom. The molecule has 0 unspecified atom stereocenters. The molecule has 0 fully saturated rings. The van der Waals surface area contributed by atoms with Gasteiger partial charge in [-0.05, 0) is 43.0 Å². The zero-order valence-corrected chi connectivity index (χ0v) is 19.3. The third kappa shape index (κ3) is 5.94. The summed E-state index contributed by atoms with van der Waals surface area (Å²) in [7, 11) is -3.24. The maximum atomic E-state index is 12.4. The second kappa shape index (κ2) is 10.8. The Hall–Kier alpha value is -1.61. The van der Waals surface area contributed by atoms with Crippen molar-refractivity contribution < 1.29 is 8.42 Å². The molecule has 3 rings (SSSR count). The van der Waals surface area contributed by atoms with E-state index in [-0.39, 0.29) is 29.7 Å². The molecule has 0 aromatic heterocycles. The minimum absolute atomic E-state index is 0. The summed E-state index contributed by atoms with van der Waals surface area (Å²) in [5.74, 6) is 0.979. The number of benzene rings is 2. The fourth-order valence-electron chi connectivity index (χ4n) is 3.29. The van der Waals surface area contributed by atoms with Crippen molar-refractivity contribution in [1.29, 1.82) is 0 Å². The van der Waals surface area contributed by atoms with Crippen molar-refractivity contribution in [2.75, 3.05) is 25.4 Å². The number of guanidine groups is 1. The molecule has 0 saturated carbocycles. The molecule has 1 heterocycles. The van der Waals surface area contributed by atoms with Crippen molar-refractivity contribution in [2.45, 2.75) is 31.2 Å². The zero-order valence-electron chi connectivity index (χ0n) is 16.2.